The van der Waals surface area contributed by atoms with Gasteiger partial charge < -0.3 is 10.1 Å². The molecule has 24 heavy (non-hydrogen) atoms. The molecule has 6 nitrogen and oxygen atoms in total. The van der Waals surface area contributed by atoms with Crippen molar-refractivity contribution < 1.29 is 23.1 Å². The molecule has 128 valence electrons. The minimum absolute atomic E-state index is 0.0240. The molecule has 0 radical (unpaired) electrons. The van der Waals surface area contributed by atoms with Gasteiger partial charge in [0.25, 0.3) is 0 Å². The monoisotopic (exact) mass is 355 g/mol. The third-order valence-corrected chi connectivity index (χ3v) is 3.68. The standard InChI is InChI=1S/C15H15F2N3O3S/c1-2-23-15(22)20-14-19-11(8-24-14)6-13(21)18-7-9-3-4-10(16)5-12(9)17/h3-5,8H,2,6-7H2,1H3,(H,18,21)(H,19,20,22). The molecule has 0 aliphatic carbocycles. The first kappa shape index (κ1) is 17.8. The van der Waals surface area contributed by atoms with E-state index in [0.29, 0.717) is 10.8 Å². The summed E-state index contributed by atoms with van der Waals surface area (Å²) < 4.78 is 31.0. The van der Waals surface area contributed by atoms with Crippen LogP contribution in [0.15, 0.2) is 23.6 Å². The largest absolute Gasteiger partial charge is 0.450 e. The molecule has 1 aromatic carbocycles. The first-order chi connectivity index (χ1) is 11.5. The Morgan fingerprint density at radius 1 is 1.33 bits per heavy atom. The van der Waals surface area contributed by atoms with E-state index >= 15 is 0 Å². The zero-order valence-electron chi connectivity index (χ0n) is 12.8. The number of amides is 2. The third-order valence-electron chi connectivity index (χ3n) is 2.87. The molecule has 0 unspecified atom stereocenters. The molecule has 0 saturated heterocycles. The van der Waals surface area contributed by atoms with Gasteiger partial charge in [-0.05, 0) is 13.0 Å². The Morgan fingerprint density at radius 3 is 2.83 bits per heavy atom. The van der Waals surface area contributed by atoms with E-state index < -0.39 is 17.7 Å². The minimum Gasteiger partial charge on any atom is -0.450 e. The summed E-state index contributed by atoms with van der Waals surface area (Å²) in [7, 11) is 0. The Bertz CT molecular complexity index is 737. The van der Waals surface area contributed by atoms with Gasteiger partial charge in [0, 0.05) is 23.6 Å². The predicted molar refractivity (Wildman–Crippen MR) is 84.7 cm³/mol. The summed E-state index contributed by atoms with van der Waals surface area (Å²) in [5.41, 5.74) is 0.650. The zero-order chi connectivity index (χ0) is 17.5. The molecule has 2 amide bonds. The van der Waals surface area contributed by atoms with Crippen molar-refractivity contribution in [2.45, 2.75) is 19.9 Å². The number of aromatic nitrogens is 1. The number of nitrogens with zero attached hydrogens (tertiary/aromatic N) is 1. The molecular formula is C15H15F2N3O3S. The van der Waals surface area contributed by atoms with Crippen LogP contribution in [-0.4, -0.2) is 23.6 Å². The highest BCUT2D eigenvalue weighted by Gasteiger charge is 2.11. The molecule has 0 aliphatic rings. The molecule has 0 aliphatic heterocycles. The van der Waals surface area contributed by atoms with Crippen molar-refractivity contribution in [3.63, 3.8) is 0 Å². The zero-order valence-corrected chi connectivity index (χ0v) is 13.6. The molecule has 1 heterocycles. The van der Waals surface area contributed by atoms with Gasteiger partial charge >= 0.3 is 6.09 Å². The smallest absolute Gasteiger partial charge is 0.413 e. The Balaban J connectivity index is 1.84. The Labute approximate surface area is 140 Å². The molecule has 0 atom stereocenters. The number of benzene rings is 1. The van der Waals surface area contributed by atoms with Gasteiger partial charge in [-0.3, -0.25) is 10.1 Å². The van der Waals surface area contributed by atoms with Crippen molar-refractivity contribution in [1.82, 2.24) is 10.3 Å². The number of hydrogen-bond donors (Lipinski definition) is 2. The van der Waals surface area contributed by atoms with Crippen LogP contribution < -0.4 is 10.6 Å². The Kier molecular flexibility index (Phi) is 6.19. The Morgan fingerprint density at radius 2 is 2.12 bits per heavy atom. The van der Waals surface area contributed by atoms with Crippen molar-refractivity contribution in [1.29, 1.82) is 0 Å². The van der Waals surface area contributed by atoms with Gasteiger partial charge in [-0.25, -0.2) is 18.6 Å². The summed E-state index contributed by atoms with van der Waals surface area (Å²) in [5, 5.41) is 6.91. The highest BCUT2D eigenvalue weighted by molar-refractivity contribution is 7.13. The van der Waals surface area contributed by atoms with Gasteiger partial charge in [-0.15, -0.1) is 11.3 Å². The first-order valence-corrected chi connectivity index (χ1v) is 7.94. The topological polar surface area (TPSA) is 80.3 Å². The molecule has 2 N–H and O–H groups in total. The lowest BCUT2D eigenvalue weighted by molar-refractivity contribution is -0.120. The second-order valence-corrected chi connectivity index (χ2v) is 5.54. The summed E-state index contributed by atoms with van der Waals surface area (Å²) in [6.07, 6.45) is -0.640. The number of carbonyl (C=O) groups is 2. The molecule has 9 heteroatoms. The summed E-state index contributed by atoms with van der Waals surface area (Å²) >= 11 is 1.16. The molecule has 2 rings (SSSR count). The van der Waals surface area contributed by atoms with E-state index in [2.05, 4.69) is 15.6 Å². The van der Waals surface area contributed by atoms with Crippen LogP contribution in [0.3, 0.4) is 0 Å². The van der Waals surface area contributed by atoms with E-state index in [0.717, 1.165) is 23.5 Å². The fourth-order valence-corrected chi connectivity index (χ4v) is 2.48. The quantitative estimate of drug-likeness (QED) is 0.835. The van der Waals surface area contributed by atoms with Crippen molar-refractivity contribution in [2.75, 3.05) is 11.9 Å². The molecular weight excluding hydrogens is 340 g/mol. The van der Waals surface area contributed by atoms with Gasteiger partial charge in [-0.1, -0.05) is 6.07 Å². The number of ether oxygens (including phenoxy) is 1. The van der Waals surface area contributed by atoms with Crippen LogP contribution >= 0.6 is 11.3 Å². The van der Waals surface area contributed by atoms with Gasteiger partial charge in [-0.2, -0.15) is 0 Å². The molecule has 0 bridgehead atoms. The number of rotatable bonds is 6. The number of anilines is 1. The molecule has 1 aromatic heterocycles. The van der Waals surface area contributed by atoms with Crippen LogP contribution in [0.1, 0.15) is 18.2 Å². The van der Waals surface area contributed by atoms with Crippen LogP contribution in [0.2, 0.25) is 0 Å². The van der Waals surface area contributed by atoms with E-state index in [4.69, 9.17) is 4.74 Å². The number of hydrogen-bond acceptors (Lipinski definition) is 5. The lowest BCUT2D eigenvalue weighted by Crippen LogP contribution is -2.25. The third kappa shape index (κ3) is 5.27. The molecule has 0 saturated carbocycles. The van der Waals surface area contributed by atoms with Crippen molar-refractivity contribution in [2.24, 2.45) is 0 Å². The lowest BCUT2D eigenvalue weighted by atomic mass is 10.2. The normalized spacial score (nSPS) is 10.3. The maximum absolute atomic E-state index is 13.5. The fraction of sp³-hybridized carbons (Fsp3) is 0.267. The minimum atomic E-state index is -0.718. The van der Waals surface area contributed by atoms with Crippen LogP contribution in [0.25, 0.3) is 0 Å². The second-order valence-electron chi connectivity index (χ2n) is 4.68. The average Bonchev–Trinajstić information content (AvgIpc) is 2.93. The van der Waals surface area contributed by atoms with E-state index in [-0.39, 0.29) is 31.0 Å². The summed E-state index contributed by atoms with van der Waals surface area (Å²) in [6.45, 7) is 1.87. The maximum atomic E-state index is 13.5. The van der Waals surface area contributed by atoms with Crippen LogP contribution in [0, 0.1) is 11.6 Å². The summed E-state index contributed by atoms with van der Waals surface area (Å²) in [4.78, 5) is 27.2. The lowest BCUT2D eigenvalue weighted by Gasteiger charge is -2.05. The molecule has 2 aromatic rings. The summed E-state index contributed by atoms with van der Waals surface area (Å²) in [6, 6.07) is 3.16. The van der Waals surface area contributed by atoms with Gasteiger partial charge in [0.2, 0.25) is 5.91 Å². The SMILES string of the molecule is CCOC(=O)Nc1nc(CC(=O)NCc2ccc(F)cc2F)cs1. The average molecular weight is 355 g/mol. The first-order valence-electron chi connectivity index (χ1n) is 7.06. The highest BCUT2D eigenvalue weighted by atomic mass is 32.1. The van der Waals surface area contributed by atoms with E-state index in [1.54, 1.807) is 12.3 Å². The van der Waals surface area contributed by atoms with Crippen LogP contribution in [0.4, 0.5) is 18.7 Å². The fourth-order valence-electron chi connectivity index (χ4n) is 1.79. The molecule has 0 spiro atoms. The van der Waals surface area contributed by atoms with E-state index in [1.165, 1.54) is 6.07 Å². The predicted octanol–water partition coefficient (Wildman–Crippen LogP) is 2.85. The Hall–Kier alpha value is -2.55. The van der Waals surface area contributed by atoms with Gasteiger partial charge in [0.1, 0.15) is 11.6 Å². The number of nitrogens with one attached hydrogen (secondary N) is 2. The number of halogens is 2. The van der Waals surface area contributed by atoms with Crippen molar-refractivity contribution >= 4 is 28.5 Å². The van der Waals surface area contributed by atoms with Crippen LogP contribution in [-0.2, 0) is 22.5 Å². The maximum Gasteiger partial charge on any atom is 0.413 e. The summed E-state index contributed by atoms with van der Waals surface area (Å²) in [5.74, 6) is -1.76. The van der Waals surface area contributed by atoms with Gasteiger partial charge in [0.15, 0.2) is 5.13 Å². The highest BCUT2D eigenvalue weighted by Crippen LogP contribution is 2.16. The number of thiazole rings is 1. The van der Waals surface area contributed by atoms with E-state index in [1.807, 2.05) is 0 Å². The van der Waals surface area contributed by atoms with Crippen molar-refractivity contribution in [3.8, 4) is 0 Å². The van der Waals surface area contributed by atoms with Gasteiger partial charge in [0.05, 0.1) is 18.7 Å². The van der Waals surface area contributed by atoms with Crippen LogP contribution in [0.5, 0.6) is 0 Å². The second kappa shape index (κ2) is 8.34. The molecule has 0 fully saturated rings. The van der Waals surface area contributed by atoms with Crippen molar-refractivity contribution in [3.05, 3.63) is 46.5 Å². The van der Waals surface area contributed by atoms with E-state index in [9.17, 15) is 18.4 Å². The number of carbonyl (C=O) groups excluding carboxylic acids is 2.